The number of halogens is 1. The summed E-state index contributed by atoms with van der Waals surface area (Å²) in [5, 5.41) is 0. The van der Waals surface area contributed by atoms with Gasteiger partial charge in [0, 0.05) is 13.7 Å². The van der Waals surface area contributed by atoms with Crippen LogP contribution in [0.25, 0.3) is 0 Å². The Labute approximate surface area is 108 Å². The lowest BCUT2D eigenvalue weighted by Crippen LogP contribution is -2.00. The van der Waals surface area contributed by atoms with Crippen LogP contribution in [0.1, 0.15) is 18.4 Å². The largest absolute Gasteiger partial charge is 0.492 e. The van der Waals surface area contributed by atoms with Crippen molar-refractivity contribution < 1.29 is 9.47 Å². The Morgan fingerprint density at radius 3 is 2.71 bits per heavy atom. The average molecular weight is 253 g/mol. The molecule has 0 N–H and O–H groups in total. The van der Waals surface area contributed by atoms with E-state index in [0.717, 1.165) is 30.8 Å². The van der Waals surface area contributed by atoms with E-state index in [4.69, 9.17) is 21.1 Å². The van der Waals surface area contributed by atoms with Gasteiger partial charge in [0.2, 0.25) is 0 Å². The Bertz CT molecular complexity index is 379. The third-order valence-corrected chi connectivity index (χ3v) is 2.31. The van der Waals surface area contributed by atoms with E-state index in [1.807, 2.05) is 24.3 Å². The number of methoxy groups -OCH3 is 1. The van der Waals surface area contributed by atoms with Gasteiger partial charge in [-0.15, -0.1) is 11.6 Å². The Balaban J connectivity index is 2.46. The molecule has 0 saturated carbocycles. The molecule has 0 aliphatic rings. The number of unbranched alkanes of at least 4 members (excludes halogenated alkanes) is 1. The van der Waals surface area contributed by atoms with Crippen LogP contribution in [0, 0.1) is 11.8 Å². The van der Waals surface area contributed by atoms with Crippen molar-refractivity contribution in [2.24, 2.45) is 0 Å². The monoisotopic (exact) mass is 252 g/mol. The van der Waals surface area contributed by atoms with Crippen molar-refractivity contribution in [1.29, 1.82) is 0 Å². The van der Waals surface area contributed by atoms with E-state index in [9.17, 15) is 0 Å². The molecule has 1 rings (SSSR count). The van der Waals surface area contributed by atoms with Crippen molar-refractivity contribution in [3.63, 3.8) is 0 Å². The summed E-state index contributed by atoms with van der Waals surface area (Å²) in [5.74, 6) is 6.97. The minimum absolute atomic E-state index is 0.335. The maximum Gasteiger partial charge on any atom is 0.134 e. The molecule has 1 aromatic rings. The molecule has 0 bridgehead atoms. The Kier molecular flexibility index (Phi) is 7.29. The second kappa shape index (κ2) is 8.92. The number of para-hydroxylation sites is 1. The van der Waals surface area contributed by atoms with Crippen LogP contribution < -0.4 is 4.74 Å². The third kappa shape index (κ3) is 5.63. The highest BCUT2D eigenvalue weighted by atomic mass is 35.5. The molecule has 0 spiro atoms. The highest BCUT2D eigenvalue weighted by Crippen LogP contribution is 2.16. The van der Waals surface area contributed by atoms with Crippen LogP contribution in [-0.4, -0.2) is 26.2 Å². The van der Waals surface area contributed by atoms with Crippen LogP contribution in [0.15, 0.2) is 24.3 Å². The zero-order valence-corrected chi connectivity index (χ0v) is 10.8. The molecule has 92 valence electrons. The number of hydrogen-bond acceptors (Lipinski definition) is 2. The van der Waals surface area contributed by atoms with E-state index >= 15 is 0 Å². The number of benzene rings is 1. The molecule has 0 atom stereocenters. The molecule has 0 radical (unpaired) electrons. The molecule has 0 aliphatic heterocycles. The van der Waals surface area contributed by atoms with E-state index in [2.05, 4.69) is 11.8 Å². The molecular formula is C14H17ClO2. The zero-order valence-electron chi connectivity index (χ0n) is 10.0. The van der Waals surface area contributed by atoms with Crippen LogP contribution in [0.2, 0.25) is 0 Å². The SMILES string of the molecule is COCCCCOc1ccccc1C#CCCl. The van der Waals surface area contributed by atoms with Gasteiger partial charge in [0.05, 0.1) is 18.1 Å². The first kappa shape index (κ1) is 13.9. The number of hydrogen-bond donors (Lipinski definition) is 0. The summed E-state index contributed by atoms with van der Waals surface area (Å²) in [6.07, 6.45) is 1.98. The number of alkyl halides is 1. The van der Waals surface area contributed by atoms with Crippen LogP contribution in [0.5, 0.6) is 5.75 Å². The Morgan fingerprint density at radius 2 is 1.94 bits per heavy atom. The minimum atomic E-state index is 0.335. The Hall–Kier alpha value is -1.17. The van der Waals surface area contributed by atoms with Gasteiger partial charge in [-0.25, -0.2) is 0 Å². The van der Waals surface area contributed by atoms with Gasteiger partial charge in [0.15, 0.2) is 0 Å². The summed E-state index contributed by atoms with van der Waals surface area (Å²) < 4.78 is 10.7. The van der Waals surface area contributed by atoms with Crippen LogP contribution in [0.4, 0.5) is 0 Å². The second-order valence-electron chi connectivity index (χ2n) is 3.48. The first-order chi connectivity index (χ1) is 8.38. The van der Waals surface area contributed by atoms with E-state index in [0.29, 0.717) is 12.5 Å². The van der Waals surface area contributed by atoms with Gasteiger partial charge >= 0.3 is 0 Å². The highest BCUT2D eigenvalue weighted by Gasteiger charge is 1.99. The lowest BCUT2D eigenvalue weighted by Gasteiger charge is -2.07. The molecule has 0 unspecified atom stereocenters. The smallest absolute Gasteiger partial charge is 0.134 e. The minimum Gasteiger partial charge on any atom is -0.492 e. The molecule has 1 aromatic carbocycles. The maximum atomic E-state index is 5.68. The van der Waals surface area contributed by atoms with Crippen LogP contribution in [-0.2, 0) is 4.74 Å². The van der Waals surface area contributed by atoms with Gasteiger partial charge in [-0.05, 0) is 25.0 Å². The Morgan fingerprint density at radius 1 is 1.18 bits per heavy atom. The van der Waals surface area contributed by atoms with Gasteiger partial charge in [0.1, 0.15) is 5.75 Å². The topological polar surface area (TPSA) is 18.5 Å². The second-order valence-corrected chi connectivity index (χ2v) is 3.75. The fourth-order valence-electron chi connectivity index (χ4n) is 1.35. The lowest BCUT2D eigenvalue weighted by atomic mass is 10.2. The van der Waals surface area contributed by atoms with Gasteiger partial charge in [-0.1, -0.05) is 24.0 Å². The van der Waals surface area contributed by atoms with E-state index < -0.39 is 0 Å². The summed E-state index contributed by atoms with van der Waals surface area (Å²) in [5.41, 5.74) is 0.889. The molecule has 0 saturated heterocycles. The van der Waals surface area contributed by atoms with E-state index in [-0.39, 0.29) is 0 Å². The molecule has 0 fully saturated rings. The van der Waals surface area contributed by atoms with Gasteiger partial charge in [0.25, 0.3) is 0 Å². The molecule has 17 heavy (non-hydrogen) atoms. The normalized spacial score (nSPS) is 9.53. The summed E-state index contributed by atoms with van der Waals surface area (Å²) in [6.45, 7) is 1.46. The van der Waals surface area contributed by atoms with Crippen molar-refractivity contribution in [2.75, 3.05) is 26.2 Å². The average Bonchev–Trinajstić information content (AvgIpc) is 2.37. The van der Waals surface area contributed by atoms with E-state index in [1.54, 1.807) is 7.11 Å². The van der Waals surface area contributed by atoms with Crippen molar-refractivity contribution in [3.05, 3.63) is 29.8 Å². The number of rotatable bonds is 6. The first-order valence-corrected chi connectivity index (χ1v) is 6.17. The first-order valence-electron chi connectivity index (χ1n) is 5.64. The van der Waals surface area contributed by atoms with E-state index in [1.165, 1.54) is 0 Å². The molecule has 0 amide bonds. The fraction of sp³-hybridized carbons (Fsp3) is 0.429. The molecule has 3 heteroatoms. The summed E-state index contributed by atoms with van der Waals surface area (Å²) >= 11 is 5.54. The molecule has 0 aromatic heterocycles. The van der Waals surface area contributed by atoms with Crippen LogP contribution >= 0.6 is 11.6 Å². The molecular weight excluding hydrogens is 236 g/mol. The van der Waals surface area contributed by atoms with Gasteiger partial charge in [-0.3, -0.25) is 0 Å². The third-order valence-electron chi connectivity index (χ3n) is 2.18. The lowest BCUT2D eigenvalue weighted by molar-refractivity contribution is 0.184. The van der Waals surface area contributed by atoms with Crippen molar-refractivity contribution in [3.8, 4) is 17.6 Å². The molecule has 0 aliphatic carbocycles. The van der Waals surface area contributed by atoms with Crippen LogP contribution in [0.3, 0.4) is 0 Å². The summed E-state index contributed by atoms with van der Waals surface area (Å²) in [7, 11) is 1.71. The van der Waals surface area contributed by atoms with Crippen molar-refractivity contribution in [2.45, 2.75) is 12.8 Å². The predicted octanol–water partition coefficient (Wildman–Crippen LogP) is 3.08. The quantitative estimate of drug-likeness (QED) is 0.440. The number of ether oxygens (including phenoxy) is 2. The van der Waals surface area contributed by atoms with Gasteiger partial charge < -0.3 is 9.47 Å². The summed E-state index contributed by atoms with van der Waals surface area (Å²) in [6, 6.07) is 7.74. The van der Waals surface area contributed by atoms with Crippen molar-refractivity contribution >= 4 is 11.6 Å². The molecule has 2 nitrogen and oxygen atoms in total. The summed E-state index contributed by atoms with van der Waals surface area (Å²) in [4.78, 5) is 0. The highest BCUT2D eigenvalue weighted by molar-refractivity contribution is 6.19. The molecule has 0 heterocycles. The predicted molar refractivity (Wildman–Crippen MR) is 70.6 cm³/mol. The zero-order chi connectivity index (χ0) is 12.3. The maximum absolute atomic E-state index is 5.68. The van der Waals surface area contributed by atoms with Gasteiger partial charge in [-0.2, -0.15) is 0 Å². The van der Waals surface area contributed by atoms with Crippen molar-refractivity contribution in [1.82, 2.24) is 0 Å². The standard InChI is InChI=1S/C14H17ClO2/c1-16-11-4-5-12-17-14-9-3-2-7-13(14)8-6-10-15/h2-3,7,9H,4-5,10-12H2,1H3. The fourth-order valence-corrected chi connectivity index (χ4v) is 1.42.